The van der Waals surface area contributed by atoms with Gasteiger partial charge in [-0.1, -0.05) is 43.3 Å². The van der Waals surface area contributed by atoms with Crippen LogP contribution in [-0.4, -0.2) is 62.7 Å². The number of H-pyrrole nitrogens is 1. The molecule has 3 heterocycles. The van der Waals surface area contributed by atoms with Crippen LogP contribution in [0.3, 0.4) is 0 Å². The fourth-order valence-electron chi connectivity index (χ4n) is 5.82. The molecule has 1 saturated carbocycles. The van der Waals surface area contributed by atoms with E-state index >= 15 is 0 Å². The lowest BCUT2D eigenvalue weighted by Gasteiger charge is -2.33. The highest BCUT2D eigenvalue weighted by molar-refractivity contribution is 6.02. The second-order valence-electron chi connectivity index (χ2n) is 10.9. The first-order valence-corrected chi connectivity index (χ1v) is 14.4. The zero-order chi connectivity index (χ0) is 28.3. The number of hydrogen-bond acceptors (Lipinski definition) is 6. The number of fused-ring (bicyclic) bond motifs is 1. The van der Waals surface area contributed by atoms with E-state index in [4.69, 9.17) is 10.5 Å². The van der Waals surface area contributed by atoms with E-state index in [1.165, 1.54) is 12.8 Å². The van der Waals surface area contributed by atoms with Crippen LogP contribution in [0.1, 0.15) is 38.6 Å². The van der Waals surface area contributed by atoms with Crippen molar-refractivity contribution < 1.29 is 9.53 Å². The van der Waals surface area contributed by atoms with Crippen LogP contribution in [0.4, 0.5) is 5.82 Å². The lowest BCUT2D eigenvalue weighted by Crippen LogP contribution is -2.40. The second kappa shape index (κ2) is 11.6. The number of carbonyl (C=O) groups excluding carboxylic acids is 1. The standard InChI is InChI=1S/C32H36N6O3/c1-2-36(23-14-15-23)18-7-11-28(39)37-19-6-8-24(20-37)38-21-27(29-30(38)32(40)35-34-31(29)33)22-12-16-26(17-13-22)41-25-9-4-3-5-10-25/h3-5,7,9-13,16-17,21,23-24H,2,6,8,14-15,18-20H2,1H3,(H2,33,34)(H,35,40)/b11-7+/t24-/m1/s1. The number of amides is 1. The minimum absolute atomic E-state index is 0.0160. The van der Waals surface area contributed by atoms with Crippen LogP contribution >= 0.6 is 0 Å². The zero-order valence-electron chi connectivity index (χ0n) is 23.3. The molecule has 9 heteroatoms. The molecular weight excluding hydrogens is 516 g/mol. The molecule has 2 fully saturated rings. The Labute approximate surface area is 239 Å². The van der Waals surface area contributed by atoms with Crippen LogP contribution in [0.15, 0.2) is 77.7 Å². The number of likely N-dealkylation sites (N-methyl/N-ethyl adjacent to an activating group) is 1. The molecule has 2 aromatic carbocycles. The van der Waals surface area contributed by atoms with Crippen LogP contribution < -0.4 is 16.0 Å². The van der Waals surface area contributed by atoms with Crippen molar-refractivity contribution in [2.45, 2.75) is 44.7 Å². The van der Waals surface area contributed by atoms with Gasteiger partial charge in [0.2, 0.25) is 5.91 Å². The van der Waals surface area contributed by atoms with Gasteiger partial charge in [-0.2, -0.15) is 5.10 Å². The van der Waals surface area contributed by atoms with Crippen LogP contribution in [0, 0.1) is 0 Å². The Balaban J connectivity index is 1.25. The molecule has 6 rings (SSSR count). The van der Waals surface area contributed by atoms with Crippen LogP contribution in [0.2, 0.25) is 0 Å². The van der Waals surface area contributed by atoms with Crippen molar-refractivity contribution in [3.05, 3.63) is 83.3 Å². The predicted molar refractivity (Wildman–Crippen MR) is 161 cm³/mol. The molecule has 0 spiro atoms. The highest BCUT2D eigenvalue weighted by Crippen LogP contribution is 2.36. The van der Waals surface area contributed by atoms with Gasteiger partial charge < -0.3 is 19.9 Å². The van der Waals surface area contributed by atoms with Crippen molar-refractivity contribution in [2.75, 3.05) is 31.9 Å². The number of hydrogen-bond donors (Lipinski definition) is 2. The van der Waals surface area contributed by atoms with Gasteiger partial charge in [-0.05, 0) is 62.1 Å². The third-order valence-corrected chi connectivity index (χ3v) is 8.10. The van der Waals surface area contributed by atoms with E-state index in [0.29, 0.717) is 35.8 Å². The third-order valence-electron chi connectivity index (χ3n) is 8.10. The molecule has 2 aliphatic rings. The number of rotatable bonds is 9. The maximum absolute atomic E-state index is 13.1. The van der Waals surface area contributed by atoms with Gasteiger partial charge in [-0.15, -0.1) is 0 Å². The third kappa shape index (κ3) is 5.76. The van der Waals surface area contributed by atoms with E-state index in [1.807, 2.05) is 76.3 Å². The molecular formula is C32H36N6O3. The van der Waals surface area contributed by atoms with Gasteiger partial charge in [-0.25, -0.2) is 5.10 Å². The molecule has 1 atom stereocenters. The van der Waals surface area contributed by atoms with Crippen molar-refractivity contribution in [2.24, 2.45) is 0 Å². The lowest BCUT2D eigenvalue weighted by atomic mass is 10.1. The Morgan fingerprint density at radius 2 is 1.88 bits per heavy atom. The van der Waals surface area contributed by atoms with Crippen molar-refractivity contribution in [1.29, 1.82) is 0 Å². The van der Waals surface area contributed by atoms with Crippen molar-refractivity contribution in [1.82, 2.24) is 24.6 Å². The van der Waals surface area contributed by atoms with E-state index in [-0.39, 0.29) is 23.3 Å². The van der Waals surface area contributed by atoms with Crippen molar-refractivity contribution >= 4 is 22.6 Å². The Morgan fingerprint density at radius 1 is 1.12 bits per heavy atom. The van der Waals surface area contributed by atoms with Gasteiger partial charge in [0.05, 0.1) is 11.4 Å². The fraction of sp³-hybridized carbons (Fsp3) is 0.344. The van der Waals surface area contributed by atoms with Gasteiger partial charge in [0, 0.05) is 43.5 Å². The molecule has 41 heavy (non-hydrogen) atoms. The van der Waals surface area contributed by atoms with E-state index in [1.54, 1.807) is 6.08 Å². The number of nitrogens with zero attached hydrogens (tertiary/aromatic N) is 4. The number of nitrogens with two attached hydrogens (primary N) is 1. The number of benzene rings is 2. The predicted octanol–water partition coefficient (Wildman–Crippen LogP) is 4.97. The van der Waals surface area contributed by atoms with Crippen LogP contribution in [0.25, 0.3) is 22.0 Å². The number of likely N-dealkylation sites (tertiary alicyclic amines) is 1. The Kier molecular flexibility index (Phi) is 7.61. The van der Waals surface area contributed by atoms with Crippen molar-refractivity contribution in [3.8, 4) is 22.6 Å². The average Bonchev–Trinajstić information content (AvgIpc) is 3.76. The summed E-state index contributed by atoms with van der Waals surface area (Å²) in [5, 5.41) is 7.23. The molecule has 3 N–H and O–H groups in total. The first kappa shape index (κ1) is 26.8. The average molecular weight is 553 g/mol. The van der Waals surface area contributed by atoms with Gasteiger partial charge in [0.1, 0.15) is 17.0 Å². The summed E-state index contributed by atoms with van der Waals surface area (Å²) in [5.74, 6) is 1.75. The van der Waals surface area contributed by atoms with Crippen LogP contribution in [-0.2, 0) is 4.79 Å². The smallest absolute Gasteiger partial charge is 0.288 e. The summed E-state index contributed by atoms with van der Waals surface area (Å²) in [7, 11) is 0. The molecule has 9 nitrogen and oxygen atoms in total. The number of aromatic amines is 1. The quantitative estimate of drug-likeness (QED) is 0.284. The summed E-state index contributed by atoms with van der Waals surface area (Å²) in [6, 6.07) is 17.9. The number of piperidine rings is 1. The van der Waals surface area contributed by atoms with E-state index in [0.717, 1.165) is 42.8 Å². The summed E-state index contributed by atoms with van der Waals surface area (Å²) in [6.07, 6.45) is 9.88. The van der Waals surface area contributed by atoms with Gasteiger partial charge in [-0.3, -0.25) is 14.5 Å². The molecule has 0 radical (unpaired) electrons. The molecule has 1 aliphatic carbocycles. The first-order chi connectivity index (χ1) is 20.0. The van der Waals surface area contributed by atoms with Gasteiger partial charge in [0.25, 0.3) is 5.56 Å². The minimum atomic E-state index is -0.299. The monoisotopic (exact) mass is 552 g/mol. The molecule has 0 unspecified atom stereocenters. The zero-order valence-corrected chi connectivity index (χ0v) is 23.3. The summed E-state index contributed by atoms with van der Waals surface area (Å²) < 4.78 is 7.94. The molecule has 1 aliphatic heterocycles. The summed E-state index contributed by atoms with van der Waals surface area (Å²) in [4.78, 5) is 30.5. The number of ether oxygens (including phenoxy) is 1. The summed E-state index contributed by atoms with van der Waals surface area (Å²) in [6.45, 7) is 5.18. The number of anilines is 1. The SMILES string of the molecule is CCN(C/C=C/C(=O)N1CCC[C@@H](n2cc(-c3ccc(Oc4ccccc4)cc3)c3c(N)n[nH]c(=O)c32)C1)C1CC1. The Hall–Kier alpha value is -4.37. The van der Waals surface area contributed by atoms with Crippen LogP contribution in [0.5, 0.6) is 11.5 Å². The van der Waals surface area contributed by atoms with E-state index in [2.05, 4.69) is 22.0 Å². The van der Waals surface area contributed by atoms with Gasteiger partial charge >= 0.3 is 0 Å². The minimum Gasteiger partial charge on any atom is -0.457 e. The molecule has 1 saturated heterocycles. The first-order valence-electron chi connectivity index (χ1n) is 14.4. The number of carbonyl (C=O) groups is 1. The Bertz CT molecular complexity index is 1600. The largest absolute Gasteiger partial charge is 0.457 e. The molecule has 0 bridgehead atoms. The van der Waals surface area contributed by atoms with E-state index in [9.17, 15) is 9.59 Å². The summed E-state index contributed by atoms with van der Waals surface area (Å²) >= 11 is 0. The fourth-order valence-corrected chi connectivity index (χ4v) is 5.82. The molecule has 1 amide bonds. The number of nitrogens with one attached hydrogen (secondary N) is 1. The van der Waals surface area contributed by atoms with E-state index < -0.39 is 0 Å². The maximum atomic E-state index is 13.1. The maximum Gasteiger partial charge on any atom is 0.288 e. The number of nitrogen functional groups attached to an aromatic ring is 1. The highest BCUT2D eigenvalue weighted by Gasteiger charge is 2.29. The number of para-hydroxylation sites is 1. The van der Waals surface area contributed by atoms with Crippen molar-refractivity contribution in [3.63, 3.8) is 0 Å². The lowest BCUT2D eigenvalue weighted by molar-refractivity contribution is -0.127. The molecule has 2 aromatic heterocycles. The summed E-state index contributed by atoms with van der Waals surface area (Å²) in [5.41, 5.74) is 8.24. The highest BCUT2D eigenvalue weighted by atomic mass is 16.5. The molecule has 212 valence electrons. The molecule has 4 aromatic rings. The number of aromatic nitrogens is 3. The topological polar surface area (TPSA) is 109 Å². The Morgan fingerprint density at radius 3 is 2.61 bits per heavy atom. The second-order valence-corrected chi connectivity index (χ2v) is 10.9. The normalized spacial score (nSPS) is 17.5. The van der Waals surface area contributed by atoms with Gasteiger partial charge in [0.15, 0.2) is 5.82 Å².